The van der Waals surface area contributed by atoms with E-state index in [9.17, 15) is 29.3 Å². The first-order valence-corrected chi connectivity index (χ1v) is 14.3. The fourth-order valence-electron chi connectivity index (χ4n) is 6.84. The summed E-state index contributed by atoms with van der Waals surface area (Å²) in [4.78, 5) is 66.0. The molecule has 0 N–H and O–H groups in total. The Bertz CT molecular complexity index is 1860. The van der Waals surface area contributed by atoms with E-state index in [1.54, 1.807) is 12.1 Å². The Morgan fingerprint density at radius 3 is 2.16 bits per heavy atom. The van der Waals surface area contributed by atoms with Gasteiger partial charge in [-0.05, 0) is 34.4 Å². The summed E-state index contributed by atoms with van der Waals surface area (Å²) in [7, 11) is 0. The second kappa shape index (κ2) is 9.81. The van der Waals surface area contributed by atoms with Crippen molar-refractivity contribution in [3.63, 3.8) is 0 Å². The number of amides is 2. The number of anilines is 1. The summed E-state index contributed by atoms with van der Waals surface area (Å²) in [5.41, 5.74) is 3.61. The number of halogens is 1. The molecule has 3 aliphatic carbocycles. The number of para-hydroxylation sites is 1. The normalized spacial score (nSPS) is 22.9. The van der Waals surface area contributed by atoms with Crippen LogP contribution in [0, 0.1) is 22.0 Å². The Kier molecular flexibility index (Phi) is 6.14. The van der Waals surface area contributed by atoms with Crippen LogP contribution in [0.2, 0.25) is 0 Å². The summed E-state index contributed by atoms with van der Waals surface area (Å²) in [5.74, 6) is -4.19. The molecule has 4 aromatic carbocycles. The van der Waals surface area contributed by atoms with Gasteiger partial charge in [0.05, 0.1) is 32.3 Å². The first kappa shape index (κ1) is 26.9. The molecule has 1 heterocycles. The Hall–Kier alpha value is -4.96. The molecule has 0 unspecified atom stereocenters. The topological polar surface area (TPSA) is 124 Å². The standard InChI is InChI=1S/C33H21BrN2O7/c34-33-23-13-4-1-10-20(23)27(21-11-2-5-14-24(21)33)28-29(33)31(39)35(30(28)38)25-15-6-3-12-22(25)32(40)43-17-26(37)18-8-7-9-19(16-18)36(41)42/h1-16,27-29H,17H2/t27?,28-,29-,33?/m0/s1. The van der Waals surface area contributed by atoms with Gasteiger partial charge in [-0.2, -0.15) is 0 Å². The van der Waals surface area contributed by atoms with Crippen LogP contribution in [0.4, 0.5) is 11.4 Å². The van der Waals surface area contributed by atoms with E-state index in [0.717, 1.165) is 33.2 Å². The molecule has 0 spiro atoms. The number of nitro groups is 1. The summed E-state index contributed by atoms with van der Waals surface area (Å²) >= 11 is 3.96. The summed E-state index contributed by atoms with van der Waals surface area (Å²) in [5, 5.41) is 11.1. The molecule has 8 rings (SSSR count). The lowest BCUT2D eigenvalue weighted by Crippen LogP contribution is -2.50. The van der Waals surface area contributed by atoms with Gasteiger partial charge in [-0.3, -0.25) is 24.5 Å². The lowest BCUT2D eigenvalue weighted by atomic mass is 9.55. The highest BCUT2D eigenvalue weighted by Gasteiger charge is 2.67. The van der Waals surface area contributed by atoms with E-state index in [1.165, 1.54) is 30.3 Å². The van der Waals surface area contributed by atoms with Crippen LogP contribution in [0.5, 0.6) is 0 Å². The molecular weight excluding hydrogens is 616 g/mol. The molecule has 0 radical (unpaired) electrons. The van der Waals surface area contributed by atoms with Crippen LogP contribution >= 0.6 is 15.9 Å². The second-order valence-corrected chi connectivity index (χ2v) is 12.0. The van der Waals surface area contributed by atoms with Crippen molar-refractivity contribution in [1.82, 2.24) is 0 Å². The van der Waals surface area contributed by atoms with Gasteiger partial charge in [0.2, 0.25) is 17.6 Å². The zero-order valence-corrected chi connectivity index (χ0v) is 23.9. The third-order valence-electron chi connectivity index (χ3n) is 8.59. The Labute approximate surface area is 253 Å². The first-order valence-electron chi connectivity index (χ1n) is 13.5. The fourth-order valence-corrected chi connectivity index (χ4v) is 8.05. The van der Waals surface area contributed by atoms with Crippen LogP contribution in [0.25, 0.3) is 0 Å². The van der Waals surface area contributed by atoms with E-state index >= 15 is 0 Å². The molecular formula is C33H21BrN2O7. The molecule has 10 heteroatoms. The van der Waals surface area contributed by atoms with E-state index in [4.69, 9.17) is 4.74 Å². The highest BCUT2D eigenvalue weighted by Crippen LogP contribution is 2.66. The van der Waals surface area contributed by atoms with Crippen LogP contribution < -0.4 is 4.90 Å². The van der Waals surface area contributed by atoms with Gasteiger partial charge in [0.25, 0.3) is 5.69 Å². The lowest BCUT2D eigenvalue weighted by Gasteiger charge is -2.51. The number of Topliss-reactive ketones (excluding diaryl/α,β-unsaturated/α-hetero) is 1. The smallest absolute Gasteiger partial charge is 0.340 e. The summed E-state index contributed by atoms with van der Waals surface area (Å²) in [6.07, 6.45) is 0. The summed E-state index contributed by atoms with van der Waals surface area (Å²) in [6, 6.07) is 26.9. The van der Waals surface area contributed by atoms with Crippen molar-refractivity contribution in [1.29, 1.82) is 0 Å². The van der Waals surface area contributed by atoms with Crippen molar-refractivity contribution in [2.24, 2.45) is 11.8 Å². The molecule has 4 aliphatic rings. The van der Waals surface area contributed by atoms with E-state index in [2.05, 4.69) is 15.9 Å². The van der Waals surface area contributed by atoms with Gasteiger partial charge in [0.1, 0.15) is 0 Å². The number of hydrogen-bond acceptors (Lipinski definition) is 7. The predicted octanol–water partition coefficient (Wildman–Crippen LogP) is 5.54. The third-order valence-corrected chi connectivity index (χ3v) is 9.94. The molecule has 0 saturated carbocycles. The van der Waals surface area contributed by atoms with E-state index < -0.39 is 51.3 Å². The molecule has 4 aromatic rings. The van der Waals surface area contributed by atoms with Crippen molar-refractivity contribution in [3.8, 4) is 0 Å². The average molecular weight is 637 g/mol. The summed E-state index contributed by atoms with van der Waals surface area (Å²) in [6.45, 7) is -0.682. The number of hydrogen-bond donors (Lipinski definition) is 0. The number of carbonyl (C=O) groups is 4. The Balaban J connectivity index is 1.22. The van der Waals surface area contributed by atoms with E-state index in [0.29, 0.717) is 0 Å². The minimum Gasteiger partial charge on any atom is -0.454 e. The van der Waals surface area contributed by atoms with Crippen molar-refractivity contribution in [3.05, 3.63) is 141 Å². The van der Waals surface area contributed by atoms with Crippen LogP contribution in [-0.2, 0) is 18.7 Å². The van der Waals surface area contributed by atoms with Crippen LogP contribution in [-0.4, -0.2) is 35.1 Å². The fraction of sp³-hybridized carbons (Fsp3) is 0.152. The number of imide groups is 1. The number of ether oxygens (including phenoxy) is 1. The highest BCUT2D eigenvalue weighted by atomic mass is 79.9. The number of esters is 1. The minimum absolute atomic E-state index is 0.0153. The minimum atomic E-state index is -0.943. The molecule has 0 aromatic heterocycles. The monoisotopic (exact) mass is 636 g/mol. The quantitative estimate of drug-likeness (QED) is 0.0680. The van der Waals surface area contributed by atoms with Crippen LogP contribution in [0.1, 0.15) is 48.9 Å². The van der Waals surface area contributed by atoms with Crippen molar-refractivity contribution >= 4 is 50.9 Å². The molecule has 2 amide bonds. The van der Waals surface area contributed by atoms with Gasteiger partial charge in [-0.25, -0.2) is 9.69 Å². The zero-order valence-electron chi connectivity index (χ0n) is 22.3. The Morgan fingerprint density at radius 2 is 1.49 bits per heavy atom. The van der Waals surface area contributed by atoms with Crippen molar-refractivity contribution in [2.45, 2.75) is 10.2 Å². The Morgan fingerprint density at radius 1 is 0.860 bits per heavy atom. The maximum absolute atomic E-state index is 14.3. The van der Waals surface area contributed by atoms with E-state index in [1.807, 2.05) is 48.5 Å². The van der Waals surface area contributed by atoms with Gasteiger partial charge in [-0.1, -0.05) is 88.7 Å². The van der Waals surface area contributed by atoms with E-state index in [-0.39, 0.29) is 28.4 Å². The molecule has 1 aliphatic heterocycles. The number of non-ortho nitro benzene ring substituents is 1. The van der Waals surface area contributed by atoms with Gasteiger partial charge < -0.3 is 4.74 Å². The number of carbonyl (C=O) groups excluding carboxylic acids is 4. The summed E-state index contributed by atoms with van der Waals surface area (Å²) < 4.78 is 4.35. The van der Waals surface area contributed by atoms with Gasteiger partial charge in [-0.15, -0.1) is 0 Å². The zero-order chi connectivity index (χ0) is 30.0. The lowest BCUT2D eigenvalue weighted by molar-refractivity contribution is -0.384. The molecule has 1 fully saturated rings. The molecule has 1 saturated heterocycles. The third kappa shape index (κ3) is 3.82. The van der Waals surface area contributed by atoms with Crippen molar-refractivity contribution in [2.75, 3.05) is 11.5 Å². The SMILES string of the molecule is O=C(COC(=O)c1ccccc1N1C(=O)[C@@H]2[C@@H](C1=O)C1c3ccccc3C2(Br)c2ccccc21)c1cccc([N+](=O)[O-])c1. The number of nitro benzene ring substituents is 1. The van der Waals surface area contributed by atoms with Gasteiger partial charge in [0.15, 0.2) is 6.61 Å². The molecule has 2 atom stereocenters. The maximum Gasteiger partial charge on any atom is 0.340 e. The highest BCUT2D eigenvalue weighted by molar-refractivity contribution is 9.09. The van der Waals surface area contributed by atoms with Gasteiger partial charge >= 0.3 is 5.97 Å². The molecule has 2 bridgehead atoms. The number of ketones is 1. The largest absolute Gasteiger partial charge is 0.454 e. The number of benzene rings is 4. The van der Waals surface area contributed by atoms with Crippen LogP contribution in [0.3, 0.4) is 0 Å². The number of alkyl halides is 1. The molecule has 212 valence electrons. The molecule has 43 heavy (non-hydrogen) atoms. The van der Waals surface area contributed by atoms with Crippen LogP contribution in [0.15, 0.2) is 97.1 Å². The molecule has 9 nitrogen and oxygen atoms in total. The number of rotatable bonds is 6. The van der Waals surface area contributed by atoms with Gasteiger partial charge in [0, 0.05) is 23.6 Å². The average Bonchev–Trinajstić information content (AvgIpc) is 3.30. The maximum atomic E-state index is 14.3. The first-order chi connectivity index (χ1) is 20.7. The number of nitrogens with zero attached hydrogens (tertiary/aromatic N) is 2. The van der Waals surface area contributed by atoms with Crippen molar-refractivity contribution < 1.29 is 28.8 Å². The second-order valence-electron chi connectivity index (χ2n) is 10.7. The predicted molar refractivity (Wildman–Crippen MR) is 158 cm³/mol.